The first-order chi connectivity index (χ1) is 6.79. The summed E-state index contributed by atoms with van der Waals surface area (Å²) in [6.07, 6.45) is -4.58. The average Bonchev–Trinajstić information content (AvgIpc) is 2.40. The number of rotatable bonds is 1. The van der Waals surface area contributed by atoms with Gasteiger partial charge in [0.1, 0.15) is 5.69 Å². The molecule has 0 aliphatic heterocycles. The van der Waals surface area contributed by atoms with Crippen LogP contribution >= 0.6 is 15.9 Å². The van der Waals surface area contributed by atoms with E-state index in [1.54, 1.807) is 0 Å². The fourth-order valence-electron chi connectivity index (χ4n) is 1.04. The Kier molecular flexibility index (Phi) is 3.08. The zero-order valence-electron chi connectivity index (χ0n) is 7.81. The Morgan fingerprint density at radius 3 is 2.40 bits per heavy atom. The molecule has 84 valence electrons. The van der Waals surface area contributed by atoms with Crippen molar-refractivity contribution in [2.75, 3.05) is 7.05 Å². The standard InChI is InChI=1S/C7H7BrF3N3O/c1-12-6(15)4-3(8)5(7(9,10)11)13-14(4)2/h1-2H3,(H,12,15). The first-order valence-corrected chi connectivity index (χ1v) is 4.60. The molecule has 8 heteroatoms. The second-order valence-corrected chi connectivity index (χ2v) is 3.50. The predicted octanol–water partition coefficient (Wildman–Crippen LogP) is 1.56. The largest absolute Gasteiger partial charge is 0.436 e. The number of halogens is 4. The molecule has 15 heavy (non-hydrogen) atoms. The summed E-state index contributed by atoms with van der Waals surface area (Å²) in [5, 5.41) is 5.47. The quantitative estimate of drug-likeness (QED) is 0.851. The molecule has 0 bridgehead atoms. The highest BCUT2D eigenvalue weighted by Crippen LogP contribution is 2.35. The summed E-state index contributed by atoms with van der Waals surface area (Å²) in [7, 11) is 2.60. The summed E-state index contributed by atoms with van der Waals surface area (Å²) in [5.41, 5.74) is -1.27. The minimum Gasteiger partial charge on any atom is -0.354 e. The summed E-state index contributed by atoms with van der Waals surface area (Å²) in [6, 6.07) is 0. The molecule has 0 fully saturated rings. The minimum absolute atomic E-state index is 0.162. The minimum atomic E-state index is -4.58. The van der Waals surface area contributed by atoms with Crippen LogP contribution in [-0.4, -0.2) is 22.7 Å². The van der Waals surface area contributed by atoms with Crippen molar-refractivity contribution in [3.05, 3.63) is 15.9 Å². The van der Waals surface area contributed by atoms with Gasteiger partial charge in [0.25, 0.3) is 5.91 Å². The molecule has 0 saturated carbocycles. The molecule has 0 radical (unpaired) electrons. The Hall–Kier alpha value is -1.05. The SMILES string of the molecule is CNC(=O)c1c(Br)c(C(F)(F)F)nn1C. The summed E-state index contributed by atoms with van der Waals surface area (Å²) in [4.78, 5) is 11.2. The zero-order valence-corrected chi connectivity index (χ0v) is 9.40. The molecule has 0 aliphatic carbocycles. The zero-order chi connectivity index (χ0) is 11.8. The van der Waals surface area contributed by atoms with Gasteiger partial charge in [0.15, 0.2) is 5.69 Å². The maximum Gasteiger partial charge on any atom is 0.436 e. The molecule has 0 spiro atoms. The van der Waals surface area contributed by atoms with E-state index in [1.165, 1.54) is 14.1 Å². The van der Waals surface area contributed by atoms with E-state index in [4.69, 9.17) is 0 Å². The van der Waals surface area contributed by atoms with Crippen molar-refractivity contribution in [3.8, 4) is 0 Å². The third kappa shape index (κ3) is 2.14. The summed E-state index contributed by atoms with van der Waals surface area (Å²) in [5.74, 6) is -0.632. The number of carbonyl (C=O) groups excluding carboxylic acids is 1. The molecule has 0 aliphatic rings. The fraction of sp³-hybridized carbons (Fsp3) is 0.429. The van der Waals surface area contributed by atoms with E-state index in [0.717, 1.165) is 4.68 Å². The summed E-state index contributed by atoms with van der Waals surface area (Å²) < 4.78 is 37.6. The molecule has 1 aromatic rings. The summed E-state index contributed by atoms with van der Waals surface area (Å²) in [6.45, 7) is 0. The lowest BCUT2D eigenvalue weighted by atomic mass is 10.3. The molecule has 1 N–H and O–H groups in total. The third-order valence-corrected chi connectivity index (χ3v) is 2.45. The van der Waals surface area contributed by atoms with Gasteiger partial charge in [0, 0.05) is 14.1 Å². The van der Waals surface area contributed by atoms with Crippen LogP contribution in [0.2, 0.25) is 0 Å². The number of nitrogens with zero attached hydrogens (tertiary/aromatic N) is 2. The number of aromatic nitrogens is 2. The van der Waals surface area contributed by atoms with Crippen LogP contribution in [0, 0.1) is 0 Å². The highest BCUT2D eigenvalue weighted by molar-refractivity contribution is 9.10. The van der Waals surface area contributed by atoms with Gasteiger partial charge in [-0.2, -0.15) is 18.3 Å². The van der Waals surface area contributed by atoms with Gasteiger partial charge in [-0.3, -0.25) is 9.48 Å². The van der Waals surface area contributed by atoms with E-state index in [2.05, 4.69) is 26.3 Å². The van der Waals surface area contributed by atoms with Crippen LogP contribution in [0.4, 0.5) is 13.2 Å². The molecule has 1 aromatic heterocycles. The normalized spacial score (nSPS) is 11.6. The summed E-state index contributed by atoms with van der Waals surface area (Å²) >= 11 is 2.72. The topological polar surface area (TPSA) is 46.9 Å². The lowest BCUT2D eigenvalue weighted by molar-refractivity contribution is -0.142. The second kappa shape index (κ2) is 3.84. The third-order valence-electron chi connectivity index (χ3n) is 1.70. The van der Waals surface area contributed by atoms with Crippen LogP contribution in [-0.2, 0) is 13.2 Å². The van der Waals surface area contributed by atoms with Crippen LogP contribution in [0.1, 0.15) is 16.2 Å². The first kappa shape index (κ1) is 12.0. The number of nitrogens with one attached hydrogen (secondary N) is 1. The molecule has 0 saturated heterocycles. The van der Waals surface area contributed by atoms with E-state index < -0.39 is 17.8 Å². The van der Waals surface area contributed by atoms with Crippen molar-refractivity contribution >= 4 is 21.8 Å². The van der Waals surface area contributed by atoms with Crippen LogP contribution in [0.25, 0.3) is 0 Å². The van der Waals surface area contributed by atoms with Crippen molar-refractivity contribution in [2.24, 2.45) is 7.05 Å². The van der Waals surface area contributed by atoms with Gasteiger partial charge in [-0.1, -0.05) is 0 Å². The molecular formula is C7H7BrF3N3O. The number of aryl methyl sites for hydroxylation is 1. The van der Waals surface area contributed by atoms with Crippen LogP contribution in [0.3, 0.4) is 0 Å². The van der Waals surface area contributed by atoms with Crippen molar-refractivity contribution in [1.82, 2.24) is 15.1 Å². The van der Waals surface area contributed by atoms with Gasteiger partial charge in [-0.25, -0.2) is 0 Å². The maximum absolute atomic E-state index is 12.4. The smallest absolute Gasteiger partial charge is 0.354 e. The lowest BCUT2D eigenvalue weighted by Crippen LogP contribution is -2.21. The lowest BCUT2D eigenvalue weighted by Gasteiger charge is -2.01. The Morgan fingerprint density at radius 2 is 2.07 bits per heavy atom. The van der Waals surface area contributed by atoms with Crippen molar-refractivity contribution in [2.45, 2.75) is 6.18 Å². The monoisotopic (exact) mass is 285 g/mol. The number of hydrogen-bond acceptors (Lipinski definition) is 2. The van der Waals surface area contributed by atoms with Crippen LogP contribution in [0.15, 0.2) is 4.47 Å². The Morgan fingerprint density at radius 1 is 1.53 bits per heavy atom. The van der Waals surface area contributed by atoms with Gasteiger partial charge < -0.3 is 5.32 Å². The van der Waals surface area contributed by atoms with E-state index in [1.807, 2.05) is 0 Å². The van der Waals surface area contributed by atoms with Crippen molar-refractivity contribution < 1.29 is 18.0 Å². The molecular weight excluding hydrogens is 279 g/mol. The molecule has 0 unspecified atom stereocenters. The second-order valence-electron chi connectivity index (χ2n) is 2.71. The molecule has 0 aromatic carbocycles. The van der Waals surface area contributed by atoms with Gasteiger partial charge in [0.05, 0.1) is 4.47 Å². The number of carbonyl (C=O) groups is 1. The maximum atomic E-state index is 12.4. The van der Waals surface area contributed by atoms with Crippen molar-refractivity contribution in [1.29, 1.82) is 0 Å². The Bertz CT molecular complexity index is 399. The average molecular weight is 286 g/mol. The van der Waals surface area contributed by atoms with Gasteiger partial charge >= 0.3 is 6.18 Å². The highest BCUT2D eigenvalue weighted by atomic mass is 79.9. The highest BCUT2D eigenvalue weighted by Gasteiger charge is 2.39. The van der Waals surface area contributed by atoms with Crippen LogP contribution in [0.5, 0.6) is 0 Å². The van der Waals surface area contributed by atoms with Crippen LogP contribution < -0.4 is 5.32 Å². The van der Waals surface area contributed by atoms with Gasteiger partial charge in [-0.15, -0.1) is 0 Å². The van der Waals surface area contributed by atoms with Gasteiger partial charge in [0.2, 0.25) is 0 Å². The van der Waals surface area contributed by atoms with E-state index in [9.17, 15) is 18.0 Å². The first-order valence-electron chi connectivity index (χ1n) is 3.80. The Labute approximate surface area is 91.6 Å². The van der Waals surface area contributed by atoms with Crippen molar-refractivity contribution in [3.63, 3.8) is 0 Å². The van der Waals surface area contributed by atoms with E-state index in [0.29, 0.717) is 0 Å². The van der Waals surface area contributed by atoms with E-state index in [-0.39, 0.29) is 10.2 Å². The molecule has 4 nitrogen and oxygen atoms in total. The fourth-order valence-corrected chi connectivity index (χ4v) is 1.79. The molecule has 1 rings (SSSR count). The molecule has 0 atom stereocenters. The van der Waals surface area contributed by atoms with Gasteiger partial charge in [-0.05, 0) is 15.9 Å². The van der Waals surface area contributed by atoms with E-state index >= 15 is 0 Å². The number of alkyl halides is 3. The molecule has 1 heterocycles. The Balaban J connectivity index is 3.33. The predicted molar refractivity (Wildman–Crippen MR) is 49.3 cm³/mol. The molecule has 1 amide bonds. The number of hydrogen-bond donors (Lipinski definition) is 1. The number of amides is 1.